The van der Waals surface area contributed by atoms with Crippen LogP contribution in [0.4, 0.5) is 0 Å². The van der Waals surface area contributed by atoms with E-state index in [-0.39, 0.29) is 12.8 Å². The number of halogens is 1. The van der Waals surface area contributed by atoms with E-state index < -0.39 is 0 Å². The fraction of sp³-hybridized carbons (Fsp3) is 0.571. The van der Waals surface area contributed by atoms with Crippen LogP contribution in [0.25, 0.3) is 0 Å². The Balaban J connectivity index is 2.93. The van der Waals surface area contributed by atoms with E-state index in [1.165, 1.54) is 0 Å². The molecule has 0 heterocycles. The van der Waals surface area contributed by atoms with Crippen LogP contribution in [0.3, 0.4) is 0 Å². The van der Waals surface area contributed by atoms with E-state index in [0.717, 1.165) is 16.5 Å². The van der Waals surface area contributed by atoms with Gasteiger partial charge in [-0.15, -0.1) is 0 Å². The topological polar surface area (TPSA) is 53.7 Å². The standard InChI is InChI=1S/C14H22BrNO3/c1-4-17-9-19-14-12(15)7-11(6-10(3)16)8-13(14)18-5-2/h7-8,10H,4-6,9,16H2,1-3H3. The van der Waals surface area contributed by atoms with Crippen molar-refractivity contribution in [2.24, 2.45) is 5.73 Å². The average Bonchev–Trinajstić information content (AvgIpc) is 2.32. The summed E-state index contributed by atoms with van der Waals surface area (Å²) in [5.74, 6) is 1.39. The highest BCUT2D eigenvalue weighted by Gasteiger charge is 2.13. The molecule has 0 radical (unpaired) electrons. The third-order valence-corrected chi connectivity index (χ3v) is 3.01. The molecule has 0 aliphatic heterocycles. The summed E-state index contributed by atoms with van der Waals surface area (Å²) in [6.07, 6.45) is 0.796. The van der Waals surface area contributed by atoms with Gasteiger partial charge in [0.1, 0.15) is 0 Å². The molecule has 0 aliphatic carbocycles. The lowest BCUT2D eigenvalue weighted by Crippen LogP contribution is -2.18. The van der Waals surface area contributed by atoms with Gasteiger partial charge in [0.25, 0.3) is 0 Å². The van der Waals surface area contributed by atoms with Crippen LogP contribution in [0.5, 0.6) is 11.5 Å². The summed E-state index contributed by atoms with van der Waals surface area (Å²) >= 11 is 3.51. The molecular formula is C14H22BrNO3. The minimum absolute atomic E-state index is 0.108. The maximum Gasteiger partial charge on any atom is 0.189 e. The molecule has 1 unspecified atom stereocenters. The highest BCUT2D eigenvalue weighted by Crippen LogP contribution is 2.37. The molecular weight excluding hydrogens is 310 g/mol. The van der Waals surface area contributed by atoms with E-state index in [4.69, 9.17) is 19.9 Å². The van der Waals surface area contributed by atoms with Crippen LogP contribution in [-0.4, -0.2) is 26.0 Å². The van der Waals surface area contributed by atoms with E-state index in [2.05, 4.69) is 15.9 Å². The van der Waals surface area contributed by atoms with E-state index in [1.54, 1.807) is 0 Å². The van der Waals surface area contributed by atoms with Crippen molar-refractivity contribution in [2.45, 2.75) is 33.2 Å². The number of nitrogens with two attached hydrogens (primary N) is 1. The molecule has 0 saturated carbocycles. The Morgan fingerprint density at radius 2 is 1.95 bits per heavy atom. The van der Waals surface area contributed by atoms with E-state index >= 15 is 0 Å². The second-order valence-electron chi connectivity index (χ2n) is 4.27. The number of rotatable bonds is 8. The maximum absolute atomic E-state index is 5.83. The summed E-state index contributed by atoms with van der Waals surface area (Å²) < 4.78 is 17.3. The Labute approximate surface area is 123 Å². The van der Waals surface area contributed by atoms with Gasteiger partial charge in [-0.3, -0.25) is 0 Å². The van der Waals surface area contributed by atoms with Crippen molar-refractivity contribution >= 4 is 15.9 Å². The molecule has 1 aromatic carbocycles. The molecule has 0 amide bonds. The zero-order valence-electron chi connectivity index (χ0n) is 11.7. The Bertz CT molecular complexity index is 397. The quantitative estimate of drug-likeness (QED) is 0.587. The van der Waals surface area contributed by atoms with Crippen molar-refractivity contribution in [3.63, 3.8) is 0 Å². The zero-order chi connectivity index (χ0) is 14.3. The number of hydrogen-bond acceptors (Lipinski definition) is 4. The van der Waals surface area contributed by atoms with Crippen molar-refractivity contribution in [3.8, 4) is 11.5 Å². The van der Waals surface area contributed by atoms with Crippen molar-refractivity contribution in [1.82, 2.24) is 0 Å². The smallest absolute Gasteiger partial charge is 0.189 e. The molecule has 0 fully saturated rings. The largest absolute Gasteiger partial charge is 0.490 e. The van der Waals surface area contributed by atoms with Crippen LogP contribution in [0.1, 0.15) is 26.3 Å². The lowest BCUT2D eigenvalue weighted by molar-refractivity contribution is 0.0201. The normalized spacial score (nSPS) is 12.3. The first kappa shape index (κ1) is 16.3. The highest BCUT2D eigenvalue weighted by molar-refractivity contribution is 9.10. The summed E-state index contributed by atoms with van der Waals surface area (Å²) in [5, 5.41) is 0. The summed E-state index contributed by atoms with van der Waals surface area (Å²) in [4.78, 5) is 0. The van der Waals surface area contributed by atoms with Gasteiger partial charge < -0.3 is 19.9 Å². The molecule has 5 heteroatoms. The van der Waals surface area contributed by atoms with E-state index in [9.17, 15) is 0 Å². The summed E-state index contributed by atoms with van der Waals surface area (Å²) in [5.41, 5.74) is 6.95. The zero-order valence-corrected chi connectivity index (χ0v) is 13.3. The molecule has 0 saturated heterocycles. The fourth-order valence-corrected chi connectivity index (χ4v) is 2.30. The molecule has 0 aromatic heterocycles. The number of benzene rings is 1. The van der Waals surface area contributed by atoms with Crippen molar-refractivity contribution in [3.05, 3.63) is 22.2 Å². The van der Waals surface area contributed by atoms with E-state index in [0.29, 0.717) is 24.7 Å². The highest BCUT2D eigenvalue weighted by atomic mass is 79.9. The molecule has 0 aliphatic rings. The Hall–Kier alpha value is -0.780. The van der Waals surface area contributed by atoms with Crippen LogP contribution in [0.15, 0.2) is 16.6 Å². The SMILES string of the molecule is CCOCOc1c(Br)cc(CC(C)N)cc1OCC. The predicted octanol–water partition coefficient (Wildman–Crippen LogP) is 3.11. The maximum atomic E-state index is 5.83. The molecule has 2 N–H and O–H groups in total. The van der Waals surface area contributed by atoms with Crippen LogP contribution >= 0.6 is 15.9 Å². The number of hydrogen-bond donors (Lipinski definition) is 1. The molecule has 19 heavy (non-hydrogen) atoms. The van der Waals surface area contributed by atoms with Gasteiger partial charge in [0.05, 0.1) is 11.1 Å². The first-order valence-electron chi connectivity index (χ1n) is 6.49. The minimum Gasteiger partial charge on any atom is -0.490 e. The molecule has 1 aromatic rings. The molecule has 0 spiro atoms. The Kier molecular flexibility index (Phi) is 7.20. The Morgan fingerprint density at radius 1 is 1.21 bits per heavy atom. The van der Waals surface area contributed by atoms with Gasteiger partial charge in [-0.05, 0) is 60.8 Å². The van der Waals surface area contributed by atoms with Crippen LogP contribution in [0.2, 0.25) is 0 Å². The number of ether oxygens (including phenoxy) is 3. The monoisotopic (exact) mass is 331 g/mol. The van der Waals surface area contributed by atoms with Crippen molar-refractivity contribution < 1.29 is 14.2 Å². The molecule has 108 valence electrons. The Morgan fingerprint density at radius 3 is 2.53 bits per heavy atom. The fourth-order valence-electron chi connectivity index (χ4n) is 1.70. The van der Waals surface area contributed by atoms with Gasteiger partial charge >= 0.3 is 0 Å². The predicted molar refractivity (Wildman–Crippen MR) is 79.8 cm³/mol. The molecule has 0 bridgehead atoms. The van der Waals surface area contributed by atoms with Gasteiger partial charge in [0, 0.05) is 12.6 Å². The van der Waals surface area contributed by atoms with E-state index in [1.807, 2.05) is 32.9 Å². The van der Waals surface area contributed by atoms with Gasteiger partial charge in [-0.2, -0.15) is 0 Å². The van der Waals surface area contributed by atoms with Crippen molar-refractivity contribution in [2.75, 3.05) is 20.0 Å². The lowest BCUT2D eigenvalue weighted by atomic mass is 10.1. The van der Waals surface area contributed by atoms with Crippen molar-refractivity contribution in [1.29, 1.82) is 0 Å². The van der Waals surface area contributed by atoms with Gasteiger partial charge in [-0.25, -0.2) is 0 Å². The van der Waals surface area contributed by atoms with Gasteiger partial charge in [0.2, 0.25) is 0 Å². The molecule has 1 atom stereocenters. The first-order valence-corrected chi connectivity index (χ1v) is 7.29. The molecule has 4 nitrogen and oxygen atoms in total. The molecule has 1 rings (SSSR count). The summed E-state index contributed by atoms with van der Waals surface area (Å²) in [6, 6.07) is 4.09. The third kappa shape index (κ3) is 5.38. The summed E-state index contributed by atoms with van der Waals surface area (Å²) in [6.45, 7) is 7.26. The summed E-state index contributed by atoms with van der Waals surface area (Å²) in [7, 11) is 0. The van der Waals surface area contributed by atoms with Crippen LogP contribution < -0.4 is 15.2 Å². The second kappa shape index (κ2) is 8.40. The second-order valence-corrected chi connectivity index (χ2v) is 5.13. The minimum atomic E-state index is 0.108. The van der Waals surface area contributed by atoms with Crippen LogP contribution in [0, 0.1) is 0 Å². The first-order chi connectivity index (χ1) is 9.08. The average molecular weight is 332 g/mol. The third-order valence-electron chi connectivity index (χ3n) is 2.42. The lowest BCUT2D eigenvalue weighted by Gasteiger charge is -2.16. The van der Waals surface area contributed by atoms with Crippen LogP contribution in [-0.2, 0) is 11.2 Å². The van der Waals surface area contributed by atoms with Gasteiger partial charge in [-0.1, -0.05) is 0 Å². The van der Waals surface area contributed by atoms with Gasteiger partial charge in [0.15, 0.2) is 18.3 Å².